The van der Waals surface area contributed by atoms with Crippen LogP contribution in [0, 0.1) is 11.8 Å². The first kappa shape index (κ1) is 16.1. The van der Waals surface area contributed by atoms with Crippen molar-refractivity contribution in [1.82, 2.24) is 0 Å². The maximum atomic E-state index is 10.3. The number of benzene rings is 1. The van der Waals surface area contributed by atoms with Gasteiger partial charge in [0, 0.05) is 24.3 Å². The fraction of sp³-hybridized carbons (Fsp3) is 0.556. The minimum atomic E-state index is -0.933. The molecule has 2 unspecified atom stereocenters. The third-order valence-corrected chi connectivity index (χ3v) is 5.12. The van der Waals surface area contributed by atoms with Gasteiger partial charge in [-0.1, -0.05) is 30.4 Å². The summed E-state index contributed by atoms with van der Waals surface area (Å²) < 4.78 is 16.6. The van der Waals surface area contributed by atoms with Gasteiger partial charge in [0.15, 0.2) is 6.29 Å². The van der Waals surface area contributed by atoms with Crippen molar-refractivity contribution in [2.75, 3.05) is 0 Å². The van der Waals surface area contributed by atoms with E-state index in [1.807, 2.05) is 24.3 Å². The normalized spacial score (nSPS) is 39.5. The average Bonchev–Trinajstić information content (AvgIpc) is 3.07. The Kier molecular flexibility index (Phi) is 4.32. The summed E-state index contributed by atoms with van der Waals surface area (Å²) in [5.41, 5.74) is 0.955. The number of aliphatic hydroxyl groups excluding tert-OH is 3. The van der Waals surface area contributed by atoms with Crippen molar-refractivity contribution in [3.8, 4) is 5.75 Å². The zero-order chi connectivity index (χ0) is 16.7. The van der Waals surface area contributed by atoms with Gasteiger partial charge in [-0.3, -0.25) is 0 Å². The first-order chi connectivity index (χ1) is 11.6. The lowest BCUT2D eigenvalue weighted by Gasteiger charge is -2.28. The van der Waals surface area contributed by atoms with Crippen molar-refractivity contribution in [3.05, 3.63) is 42.0 Å². The molecule has 7 atom stereocenters. The van der Waals surface area contributed by atoms with Crippen LogP contribution in [0.5, 0.6) is 5.75 Å². The highest BCUT2D eigenvalue weighted by Gasteiger charge is 2.47. The van der Waals surface area contributed by atoms with Crippen LogP contribution in [0.15, 0.2) is 36.4 Å². The predicted octanol–water partition coefficient (Wildman–Crippen LogP) is 0.943. The molecule has 130 valence electrons. The van der Waals surface area contributed by atoms with Crippen LogP contribution in [0.3, 0.4) is 0 Å². The fourth-order valence-electron chi connectivity index (χ4n) is 3.90. The summed E-state index contributed by atoms with van der Waals surface area (Å²) in [4.78, 5) is 0. The van der Waals surface area contributed by atoms with E-state index in [0.29, 0.717) is 19.4 Å². The molecule has 0 radical (unpaired) electrons. The van der Waals surface area contributed by atoms with Crippen molar-refractivity contribution in [2.24, 2.45) is 11.8 Å². The molecule has 0 amide bonds. The molecular formula is C18H22O6. The molecule has 24 heavy (non-hydrogen) atoms. The standard InChI is InChI=1S/C18H22O6/c19-13(18-22-9-10-3-1-2-4-15(10)24-18)6-5-11-12-7-17(21)23-16(12)8-14(11)20/h1-6,11-14,16-21H,7-9H2/t11-,12-,13+,14-,16+,17?,18?/m1/s1. The van der Waals surface area contributed by atoms with Crippen molar-refractivity contribution < 1.29 is 29.5 Å². The van der Waals surface area contributed by atoms with E-state index >= 15 is 0 Å². The monoisotopic (exact) mass is 334 g/mol. The maximum absolute atomic E-state index is 10.3. The van der Waals surface area contributed by atoms with Crippen LogP contribution in [0.1, 0.15) is 18.4 Å². The molecule has 1 aromatic carbocycles. The average molecular weight is 334 g/mol. The highest BCUT2D eigenvalue weighted by molar-refractivity contribution is 5.33. The molecule has 3 N–H and O–H groups in total. The Hall–Kier alpha value is -1.44. The van der Waals surface area contributed by atoms with Gasteiger partial charge in [-0.15, -0.1) is 0 Å². The molecule has 3 aliphatic rings. The number of hydrogen-bond donors (Lipinski definition) is 3. The van der Waals surface area contributed by atoms with Gasteiger partial charge in [0.25, 0.3) is 0 Å². The van der Waals surface area contributed by atoms with Crippen molar-refractivity contribution in [1.29, 1.82) is 0 Å². The predicted molar refractivity (Wildman–Crippen MR) is 83.9 cm³/mol. The summed E-state index contributed by atoms with van der Waals surface area (Å²) in [5.74, 6) is 0.652. The Balaban J connectivity index is 1.41. The zero-order valence-corrected chi connectivity index (χ0v) is 13.2. The lowest BCUT2D eigenvalue weighted by atomic mass is 9.91. The van der Waals surface area contributed by atoms with Crippen LogP contribution in [0.2, 0.25) is 0 Å². The molecule has 0 aromatic heterocycles. The summed E-state index contributed by atoms with van der Waals surface area (Å²) in [6, 6.07) is 7.57. The Morgan fingerprint density at radius 2 is 2.00 bits per heavy atom. The Morgan fingerprint density at radius 3 is 2.88 bits per heavy atom. The second-order valence-electron chi connectivity index (χ2n) is 6.69. The molecule has 1 aliphatic carbocycles. The van der Waals surface area contributed by atoms with E-state index in [2.05, 4.69) is 0 Å². The highest BCUT2D eigenvalue weighted by Crippen LogP contribution is 2.43. The van der Waals surface area contributed by atoms with Crippen LogP contribution in [0.4, 0.5) is 0 Å². The van der Waals surface area contributed by atoms with Crippen LogP contribution in [-0.2, 0) is 16.1 Å². The van der Waals surface area contributed by atoms with E-state index < -0.39 is 24.8 Å². The van der Waals surface area contributed by atoms with E-state index in [9.17, 15) is 15.3 Å². The van der Waals surface area contributed by atoms with Gasteiger partial charge in [0.05, 0.1) is 18.8 Å². The van der Waals surface area contributed by atoms with Crippen molar-refractivity contribution in [2.45, 2.75) is 50.3 Å². The number of ether oxygens (including phenoxy) is 3. The first-order valence-electron chi connectivity index (χ1n) is 8.36. The minimum absolute atomic E-state index is 0.0763. The van der Waals surface area contributed by atoms with Crippen LogP contribution in [0.25, 0.3) is 0 Å². The van der Waals surface area contributed by atoms with E-state index in [-0.39, 0.29) is 17.9 Å². The van der Waals surface area contributed by atoms with Crippen LogP contribution < -0.4 is 4.74 Å². The molecule has 1 saturated heterocycles. The molecule has 0 spiro atoms. The van der Waals surface area contributed by atoms with Crippen LogP contribution in [-0.4, -0.2) is 46.2 Å². The van der Waals surface area contributed by atoms with E-state index in [1.54, 1.807) is 12.2 Å². The molecule has 2 fully saturated rings. The molecular weight excluding hydrogens is 312 g/mol. The zero-order valence-electron chi connectivity index (χ0n) is 13.2. The van der Waals surface area contributed by atoms with E-state index in [0.717, 1.165) is 11.3 Å². The van der Waals surface area contributed by atoms with Gasteiger partial charge in [-0.05, 0) is 12.0 Å². The van der Waals surface area contributed by atoms with E-state index in [1.165, 1.54) is 0 Å². The third kappa shape index (κ3) is 2.96. The number of fused-ring (bicyclic) bond motifs is 2. The molecule has 2 aliphatic heterocycles. The number of para-hydroxylation sites is 1. The second kappa shape index (κ2) is 6.46. The van der Waals surface area contributed by atoms with Crippen LogP contribution >= 0.6 is 0 Å². The summed E-state index contributed by atoms with van der Waals surface area (Å²) in [6.07, 6.45) is 1.34. The van der Waals surface area contributed by atoms with Gasteiger partial charge in [-0.25, -0.2) is 0 Å². The van der Waals surface area contributed by atoms with Gasteiger partial charge in [-0.2, -0.15) is 0 Å². The van der Waals surface area contributed by atoms with Gasteiger partial charge < -0.3 is 29.5 Å². The first-order valence-corrected chi connectivity index (χ1v) is 8.36. The number of rotatable bonds is 3. The van der Waals surface area contributed by atoms with Gasteiger partial charge >= 0.3 is 0 Å². The topological polar surface area (TPSA) is 88.4 Å². The lowest BCUT2D eigenvalue weighted by Crippen LogP contribution is -2.36. The molecule has 6 heteroatoms. The summed E-state index contributed by atoms with van der Waals surface area (Å²) in [7, 11) is 0. The Labute approximate surface area is 140 Å². The molecule has 1 aromatic rings. The van der Waals surface area contributed by atoms with Crippen molar-refractivity contribution in [3.63, 3.8) is 0 Å². The molecule has 4 rings (SSSR count). The number of aliphatic hydroxyl groups is 3. The second-order valence-corrected chi connectivity index (χ2v) is 6.69. The molecule has 2 heterocycles. The molecule has 0 bridgehead atoms. The summed E-state index contributed by atoms with van der Waals surface area (Å²) in [5, 5.41) is 30.1. The summed E-state index contributed by atoms with van der Waals surface area (Å²) in [6.45, 7) is 0.391. The highest BCUT2D eigenvalue weighted by atomic mass is 16.7. The maximum Gasteiger partial charge on any atom is 0.230 e. The third-order valence-electron chi connectivity index (χ3n) is 5.12. The van der Waals surface area contributed by atoms with Gasteiger partial charge in [0.1, 0.15) is 11.9 Å². The minimum Gasteiger partial charge on any atom is -0.461 e. The number of hydrogen-bond acceptors (Lipinski definition) is 6. The SMILES string of the molecule is OC1C[C@@H]2[C@@H](C=C[C@H](O)C3OCc4ccccc4O3)[C@H](O)C[C@@H]2O1. The van der Waals surface area contributed by atoms with Gasteiger partial charge in [0.2, 0.25) is 6.29 Å². The largest absolute Gasteiger partial charge is 0.461 e. The van der Waals surface area contributed by atoms with Crippen molar-refractivity contribution >= 4 is 0 Å². The quantitative estimate of drug-likeness (QED) is 0.713. The smallest absolute Gasteiger partial charge is 0.230 e. The molecule has 6 nitrogen and oxygen atoms in total. The molecule has 1 saturated carbocycles. The van der Waals surface area contributed by atoms with E-state index in [4.69, 9.17) is 14.2 Å². The summed E-state index contributed by atoms with van der Waals surface area (Å²) >= 11 is 0. The Bertz CT molecular complexity index is 617. The Morgan fingerprint density at radius 1 is 1.17 bits per heavy atom. The fourth-order valence-corrected chi connectivity index (χ4v) is 3.90. The lowest BCUT2D eigenvalue weighted by molar-refractivity contribution is -0.152.